The molecule has 84 valence electrons. The van der Waals surface area contributed by atoms with Gasteiger partial charge in [0.05, 0.1) is 0 Å². The summed E-state index contributed by atoms with van der Waals surface area (Å²) in [6.45, 7) is 4.92. The van der Waals surface area contributed by atoms with Gasteiger partial charge in [0.1, 0.15) is 6.04 Å². The van der Waals surface area contributed by atoms with E-state index in [0.717, 1.165) is 6.42 Å². The first-order valence-corrected chi connectivity index (χ1v) is 5.00. The Morgan fingerprint density at radius 2 is 2.14 bits per heavy atom. The maximum absolute atomic E-state index is 12.6. The second-order valence-corrected chi connectivity index (χ2v) is 3.76. The second-order valence-electron chi connectivity index (χ2n) is 3.76. The summed E-state index contributed by atoms with van der Waals surface area (Å²) in [7, 11) is 0. The molecule has 1 N–H and O–H groups in total. The molecule has 0 aliphatic carbocycles. The highest BCUT2D eigenvalue weighted by atomic mass is 19.4. The van der Waals surface area contributed by atoms with Crippen molar-refractivity contribution >= 4 is 0 Å². The van der Waals surface area contributed by atoms with Gasteiger partial charge in [-0.3, -0.25) is 4.90 Å². The van der Waals surface area contributed by atoms with Crippen LogP contribution in [0.5, 0.6) is 0 Å². The molecule has 2 atom stereocenters. The maximum atomic E-state index is 12.6. The molecular formula is C9H17F3N2. The average molecular weight is 210 g/mol. The van der Waals surface area contributed by atoms with E-state index >= 15 is 0 Å². The van der Waals surface area contributed by atoms with Gasteiger partial charge in [-0.2, -0.15) is 13.2 Å². The van der Waals surface area contributed by atoms with E-state index in [1.165, 1.54) is 0 Å². The van der Waals surface area contributed by atoms with Crippen LogP contribution in [0, 0.1) is 0 Å². The van der Waals surface area contributed by atoms with E-state index in [-0.39, 0.29) is 12.6 Å². The summed E-state index contributed by atoms with van der Waals surface area (Å²) in [6.07, 6.45) is -3.36. The minimum atomic E-state index is -4.11. The molecule has 0 aromatic heterocycles. The van der Waals surface area contributed by atoms with Gasteiger partial charge in [-0.1, -0.05) is 6.92 Å². The van der Waals surface area contributed by atoms with Crippen LogP contribution in [0.3, 0.4) is 0 Å². The Labute approximate surface area is 82.5 Å². The second kappa shape index (κ2) is 4.49. The van der Waals surface area contributed by atoms with Crippen molar-refractivity contribution in [2.45, 2.75) is 38.5 Å². The van der Waals surface area contributed by atoms with E-state index in [1.54, 1.807) is 4.90 Å². The van der Waals surface area contributed by atoms with E-state index in [4.69, 9.17) is 0 Å². The molecule has 0 amide bonds. The lowest BCUT2D eigenvalue weighted by molar-refractivity contribution is -0.192. The van der Waals surface area contributed by atoms with Crippen LogP contribution in [-0.2, 0) is 0 Å². The normalized spacial score (nSPS) is 27.6. The monoisotopic (exact) mass is 210 g/mol. The predicted molar refractivity (Wildman–Crippen MR) is 49.2 cm³/mol. The number of nitrogens with one attached hydrogen (secondary N) is 1. The molecule has 1 heterocycles. The molecule has 5 heteroatoms. The Kier molecular flexibility index (Phi) is 3.78. The number of rotatable bonds is 2. The van der Waals surface area contributed by atoms with E-state index in [9.17, 15) is 13.2 Å². The van der Waals surface area contributed by atoms with Crippen LogP contribution in [0.4, 0.5) is 13.2 Å². The number of hydrogen-bond donors (Lipinski definition) is 1. The molecule has 1 fully saturated rings. The van der Waals surface area contributed by atoms with E-state index in [1.807, 2.05) is 13.8 Å². The fourth-order valence-electron chi connectivity index (χ4n) is 1.79. The number of alkyl halides is 3. The third kappa shape index (κ3) is 2.60. The smallest absolute Gasteiger partial charge is 0.314 e. The topological polar surface area (TPSA) is 15.3 Å². The molecule has 1 unspecified atom stereocenters. The molecule has 2 nitrogen and oxygen atoms in total. The fourth-order valence-corrected chi connectivity index (χ4v) is 1.79. The molecule has 1 aliphatic rings. The van der Waals surface area contributed by atoms with Crippen molar-refractivity contribution in [3.05, 3.63) is 0 Å². The molecule has 1 saturated heterocycles. The Morgan fingerprint density at radius 3 is 2.64 bits per heavy atom. The van der Waals surface area contributed by atoms with Crippen molar-refractivity contribution in [2.24, 2.45) is 0 Å². The lowest BCUT2D eigenvalue weighted by Gasteiger charge is -2.40. The number of halogens is 3. The van der Waals surface area contributed by atoms with Crippen molar-refractivity contribution in [1.29, 1.82) is 0 Å². The summed E-state index contributed by atoms with van der Waals surface area (Å²) < 4.78 is 37.8. The van der Waals surface area contributed by atoms with Crippen molar-refractivity contribution in [3.8, 4) is 0 Å². The highest BCUT2D eigenvalue weighted by molar-refractivity contribution is 4.87. The molecule has 0 radical (unpaired) electrons. The van der Waals surface area contributed by atoms with E-state index in [0.29, 0.717) is 13.1 Å². The lowest BCUT2D eigenvalue weighted by Crippen LogP contribution is -2.60. The first-order chi connectivity index (χ1) is 6.46. The van der Waals surface area contributed by atoms with Gasteiger partial charge in [0.25, 0.3) is 0 Å². The molecule has 14 heavy (non-hydrogen) atoms. The SMILES string of the molecule is CCC(C)N1CCNC[C@@H]1C(F)(F)F. The van der Waals surface area contributed by atoms with Gasteiger partial charge in [0.15, 0.2) is 0 Å². The van der Waals surface area contributed by atoms with Gasteiger partial charge < -0.3 is 5.32 Å². The Hall–Kier alpha value is -0.290. The summed E-state index contributed by atoms with van der Waals surface area (Å²) in [5.74, 6) is 0. The first-order valence-electron chi connectivity index (χ1n) is 5.00. The summed E-state index contributed by atoms with van der Waals surface area (Å²) in [4.78, 5) is 1.55. The van der Waals surface area contributed by atoms with Crippen molar-refractivity contribution in [1.82, 2.24) is 10.2 Å². The first kappa shape index (κ1) is 11.8. The minimum Gasteiger partial charge on any atom is -0.314 e. The number of piperazine rings is 1. The molecule has 0 aromatic carbocycles. The van der Waals surface area contributed by atoms with Crippen molar-refractivity contribution in [2.75, 3.05) is 19.6 Å². The highest BCUT2D eigenvalue weighted by Crippen LogP contribution is 2.27. The van der Waals surface area contributed by atoms with Crippen molar-refractivity contribution < 1.29 is 13.2 Å². The summed E-state index contributed by atoms with van der Waals surface area (Å²) in [5.41, 5.74) is 0. The number of hydrogen-bond acceptors (Lipinski definition) is 2. The quantitative estimate of drug-likeness (QED) is 0.745. The summed E-state index contributed by atoms with van der Waals surface area (Å²) >= 11 is 0. The highest BCUT2D eigenvalue weighted by Gasteiger charge is 2.45. The van der Waals surface area contributed by atoms with Crippen LogP contribution < -0.4 is 5.32 Å². The van der Waals surface area contributed by atoms with Crippen LogP contribution in [0.2, 0.25) is 0 Å². The fraction of sp³-hybridized carbons (Fsp3) is 1.00. The van der Waals surface area contributed by atoms with Gasteiger partial charge in [0.2, 0.25) is 0 Å². The largest absolute Gasteiger partial charge is 0.405 e. The van der Waals surface area contributed by atoms with Gasteiger partial charge in [-0.15, -0.1) is 0 Å². The standard InChI is InChI=1S/C9H17F3N2/c1-3-7(2)14-5-4-13-6-8(14)9(10,11)12/h7-8,13H,3-6H2,1-2H3/t7?,8-/m1/s1. The third-order valence-electron chi connectivity index (χ3n) is 2.82. The van der Waals surface area contributed by atoms with Gasteiger partial charge in [0, 0.05) is 25.7 Å². The predicted octanol–water partition coefficient (Wildman–Crippen LogP) is 1.62. The van der Waals surface area contributed by atoms with E-state index in [2.05, 4.69) is 5.32 Å². The van der Waals surface area contributed by atoms with Gasteiger partial charge in [-0.05, 0) is 13.3 Å². The molecule has 1 rings (SSSR count). The minimum absolute atomic E-state index is 0.00345. The molecule has 1 aliphatic heterocycles. The maximum Gasteiger partial charge on any atom is 0.405 e. The zero-order chi connectivity index (χ0) is 10.8. The van der Waals surface area contributed by atoms with Crippen molar-refractivity contribution in [3.63, 3.8) is 0 Å². The summed E-state index contributed by atoms with van der Waals surface area (Å²) in [6, 6.07) is -1.31. The molecule has 0 bridgehead atoms. The van der Waals surface area contributed by atoms with Gasteiger partial charge >= 0.3 is 6.18 Å². The van der Waals surface area contributed by atoms with Crippen LogP contribution >= 0.6 is 0 Å². The lowest BCUT2D eigenvalue weighted by atomic mass is 10.1. The van der Waals surface area contributed by atoms with Crippen LogP contribution in [0.1, 0.15) is 20.3 Å². The van der Waals surface area contributed by atoms with Crippen LogP contribution in [0.25, 0.3) is 0 Å². The third-order valence-corrected chi connectivity index (χ3v) is 2.82. The summed E-state index contributed by atoms with van der Waals surface area (Å²) in [5, 5.41) is 2.79. The van der Waals surface area contributed by atoms with Crippen LogP contribution in [-0.4, -0.2) is 42.8 Å². The Morgan fingerprint density at radius 1 is 1.50 bits per heavy atom. The zero-order valence-electron chi connectivity index (χ0n) is 8.56. The van der Waals surface area contributed by atoms with Gasteiger partial charge in [-0.25, -0.2) is 0 Å². The Balaban J connectivity index is 2.69. The molecular weight excluding hydrogens is 193 g/mol. The van der Waals surface area contributed by atoms with E-state index < -0.39 is 12.2 Å². The van der Waals surface area contributed by atoms with Crippen LogP contribution in [0.15, 0.2) is 0 Å². The number of nitrogens with zero attached hydrogens (tertiary/aromatic N) is 1. The Bertz CT molecular complexity index is 181. The average Bonchev–Trinajstić information content (AvgIpc) is 2.15. The zero-order valence-corrected chi connectivity index (χ0v) is 8.56. The molecule has 0 saturated carbocycles. The molecule has 0 aromatic rings. The molecule has 0 spiro atoms.